The average Bonchev–Trinajstić information content (AvgIpc) is 2.81. The van der Waals surface area contributed by atoms with E-state index < -0.39 is 47.2 Å². The number of fused-ring (bicyclic) bond motifs is 1. The summed E-state index contributed by atoms with van der Waals surface area (Å²) in [5, 5.41) is 12.8. The molecule has 1 amide bonds. The highest BCUT2D eigenvalue weighted by Gasteiger charge is 2.37. The Balaban J connectivity index is 2.09. The van der Waals surface area contributed by atoms with Gasteiger partial charge in [-0.05, 0) is 56.0 Å². The van der Waals surface area contributed by atoms with Crippen molar-refractivity contribution in [1.82, 2.24) is 5.32 Å². The second-order valence-corrected chi connectivity index (χ2v) is 8.83. The number of carboxylic acids is 1. The van der Waals surface area contributed by atoms with E-state index in [4.69, 9.17) is 4.74 Å². The van der Waals surface area contributed by atoms with E-state index in [1.165, 1.54) is 26.8 Å². The van der Waals surface area contributed by atoms with E-state index in [1.54, 1.807) is 30.3 Å². The fraction of sp³-hybridized carbons (Fsp3) is 0.259. The smallest absolute Gasteiger partial charge is 0.416 e. The van der Waals surface area contributed by atoms with Gasteiger partial charge in [-0.15, -0.1) is 0 Å². The molecule has 2 N–H and O–H groups in total. The molecule has 0 aliphatic rings. The number of benzene rings is 3. The summed E-state index contributed by atoms with van der Waals surface area (Å²) in [6.07, 6.45) is -3.32. The first-order chi connectivity index (χ1) is 17.2. The second-order valence-electron chi connectivity index (χ2n) is 8.83. The molecule has 0 bridgehead atoms. The fourth-order valence-corrected chi connectivity index (χ4v) is 3.62. The summed E-state index contributed by atoms with van der Waals surface area (Å²) in [5.74, 6) is -5.83. The molecule has 0 fully saturated rings. The standard InChI is InChI=1S/C27H24F5NO4/c1-4-13-26(28,29)21-14-18(27(30,31)32)11-9-17(21)15-37-22-19-8-6-5-7-16(19)10-12-20(22)23(34)33-25(2,3)24(35)36/h4-14H,15H2,1-3H3,(H,33,34)(H,35,36)/b13-4+. The van der Waals surface area contributed by atoms with Gasteiger partial charge in [0.25, 0.3) is 11.8 Å². The van der Waals surface area contributed by atoms with Gasteiger partial charge in [-0.25, -0.2) is 4.79 Å². The van der Waals surface area contributed by atoms with E-state index in [2.05, 4.69) is 5.32 Å². The number of allylic oxidation sites excluding steroid dienone is 2. The maximum Gasteiger partial charge on any atom is 0.416 e. The van der Waals surface area contributed by atoms with Crippen LogP contribution in [0.2, 0.25) is 0 Å². The Morgan fingerprint density at radius 1 is 1.00 bits per heavy atom. The number of aliphatic carboxylic acids is 1. The molecule has 0 saturated carbocycles. The lowest BCUT2D eigenvalue weighted by molar-refractivity contribution is -0.143. The molecule has 5 nitrogen and oxygen atoms in total. The van der Waals surface area contributed by atoms with Crippen LogP contribution in [0.25, 0.3) is 10.8 Å². The Morgan fingerprint density at radius 2 is 1.68 bits per heavy atom. The normalized spacial score (nSPS) is 12.6. The molecule has 0 atom stereocenters. The van der Waals surface area contributed by atoms with Crippen LogP contribution in [-0.2, 0) is 23.5 Å². The van der Waals surface area contributed by atoms with Gasteiger partial charge in [0.1, 0.15) is 17.9 Å². The molecular weight excluding hydrogens is 497 g/mol. The van der Waals surface area contributed by atoms with E-state index in [-0.39, 0.29) is 16.9 Å². The zero-order valence-electron chi connectivity index (χ0n) is 20.1. The average molecular weight is 521 g/mol. The molecule has 3 rings (SSSR count). The molecule has 3 aromatic rings. The Kier molecular flexibility index (Phi) is 7.62. The van der Waals surface area contributed by atoms with Crippen molar-refractivity contribution in [3.63, 3.8) is 0 Å². The third-order valence-corrected chi connectivity index (χ3v) is 5.63. The number of carbonyl (C=O) groups excluding carboxylic acids is 1. The Labute approximate surface area is 209 Å². The Morgan fingerprint density at radius 3 is 2.30 bits per heavy atom. The maximum absolute atomic E-state index is 14.8. The summed E-state index contributed by atoms with van der Waals surface area (Å²) in [5.41, 5.74) is -4.05. The van der Waals surface area contributed by atoms with Gasteiger partial charge in [-0.1, -0.05) is 42.5 Å². The number of amides is 1. The number of carbonyl (C=O) groups is 2. The zero-order chi connectivity index (χ0) is 27.6. The van der Waals surface area contributed by atoms with Crippen LogP contribution in [0.3, 0.4) is 0 Å². The minimum Gasteiger partial charge on any atom is -0.487 e. The molecule has 0 spiro atoms. The lowest BCUT2D eigenvalue weighted by Gasteiger charge is -2.23. The Hall–Kier alpha value is -3.95. The number of carboxylic acid groups (broad SMARTS) is 1. The van der Waals surface area contributed by atoms with E-state index in [1.807, 2.05) is 0 Å². The first kappa shape index (κ1) is 27.6. The van der Waals surface area contributed by atoms with E-state index in [9.17, 15) is 36.6 Å². The first-order valence-corrected chi connectivity index (χ1v) is 11.1. The molecule has 196 valence electrons. The number of ether oxygens (including phenoxy) is 1. The predicted molar refractivity (Wildman–Crippen MR) is 128 cm³/mol. The molecule has 3 aromatic carbocycles. The second kappa shape index (κ2) is 10.2. The molecule has 0 saturated heterocycles. The SMILES string of the molecule is C/C=C/C(F)(F)c1cc(C(F)(F)F)ccc1COc1c(C(=O)NC(C)(C)C(=O)O)ccc2ccccc12. The summed E-state index contributed by atoms with van der Waals surface area (Å²) in [7, 11) is 0. The van der Waals surface area contributed by atoms with Crippen molar-refractivity contribution >= 4 is 22.6 Å². The van der Waals surface area contributed by atoms with Crippen LogP contribution in [-0.4, -0.2) is 22.5 Å². The number of hydrogen-bond acceptors (Lipinski definition) is 3. The van der Waals surface area contributed by atoms with Gasteiger partial charge in [-0.3, -0.25) is 4.79 Å². The van der Waals surface area contributed by atoms with Crippen LogP contribution in [0, 0.1) is 0 Å². The first-order valence-electron chi connectivity index (χ1n) is 11.1. The molecule has 10 heteroatoms. The number of rotatable bonds is 8. The van der Waals surface area contributed by atoms with Gasteiger partial charge in [0.05, 0.1) is 11.1 Å². The van der Waals surface area contributed by atoms with Crippen LogP contribution in [0.4, 0.5) is 22.0 Å². The van der Waals surface area contributed by atoms with E-state index in [0.717, 1.165) is 12.1 Å². The summed E-state index contributed by atoms with van der Waals surface area (Å²) < 4.78 is 75.2. The van der Waals surface area contributed by atoms with Crippen molar-refractivity contribution < 1.29 is 41.4 Å². The van der Waals surface area contributed by atoms with Crippen molar-refractivity contribution in [3.8, 4) is 5.75 Å². The molecule has 0 heterocycles. The van der Waals surface area contributed by atoms with Crippen molar-refractivity contribution in [3.05, 3.63) is 89.0 Å². The van der Waals surface area contributed by atoms with Crippen LogP contribution in [0.1, 0.15) is 47.8 Å². The third-order valence-electron chi connectivity index (χ3n) is 5.63. The number of halogens is 5. The minimum absolute atomic E-state index is 0.0306. The van der Waals surface area contributed by atoms with Crippen molar-refractivity contribution in [2.45, 2.75) is 45.0 Å². The van der Waals surface area contributed by atoms with Crippen LogP contribution in [0.5, 0.6) is 5.75 Å². The topological polar surface area (TPSA) is 75.6 Å². The zero-order valence-corrected chi connectivity index (χ0v) is 20.1. The summed E-state index contributed by atoms with van der Waals surface area (Å²) in [6, 6.07) is 11.7. The summed E-state index contributed by atoms with van der Waals surface area (Å²) in [4.78, 5) is 24.5. The molecule has 0 aliphatic heterocycles. The van der Waals surface area contributed by atoms with Gasteiger partial charge in [0.15, 0.2) is 0 Å². The van der Waals surface area contributed by atoms with Crippen molar-refractivity contribution in [2.24, 2.45) is 0 Å². The van der Waals surface area contributed by atoms with Gasteiger partial charge < -0.3 is 15.2 Å². The van der Waals surface area contributed by atoms with Gasteiger partial charge in [0, 0.05) is 10.9 Å². The number of alkyl halides is 5. The molecule has 0 aromatic heterocycles. The number of nitrogens with one attached hydrogen (secondary N) is 1. The molecule has 0 radical (unpaired) electrons. The summed E-state index contributed by atoms with van der Waals surface area (Å²) >= 11 is 0. The lowest BCUT2D eigenvalue weighted by Crippen LogP contribution is -2.49. The highest BCUT2D eigenvalue weighted by Crippen LogP contribution is 2.38. The highest BCUT2D eigenvalue weighted by atomic mass is 19.4. The van der Waals surface area contributed by atoms with Gasteiger partial charge >= 0.3 is 12.1 Å². The third kappa shape index (κ3) is 6.07. The predicted octanol–water partition coefficient (Wildman–Crippen LogP) is 6.70. The maximum atomic E-state index is 14.8. The van der Waals surface area contributed by atoms with Crippen LogP contribution < -0.4 is 10.1 Å². The van der Waals surface area contributed by atoms with E-state index >= 15 is 0 Å². The number of hydrogen-bond donors (Lipinski definition) is 2. The largest absolute Gasteiger partial charge is 0.487 e. The van der Waals surface area contributed by atoms with Gasteiger partial charge in [0.2, 0.25) is 0 Å². The molecule has 0 aliphatic carbocycles. The van der Waals surface area contributed by atoms with E-state index in [0.29, 0.717) is 29.0 Å². The van der Waals surface area contributed by atoms with Crippen LogP contribution in [0.15, 0.2) is 66.7 Å². The quantitative estimate of drug-likeness (QED) is 0.256. The summed E-state index contributed by atoms with van der Waals surface area (Å²) in [6.45, 7) is 3.30. The van der Waals surface area contributed by atoms with Gasteiger partial charge in [-0.2, -0.15) is 22.0 Å². The lowest BCUT2D eigenvalue weighted by atomic mass is 9.98. The molecule has 0 unspecified atom stereocenters. The van der Waals surface area contributed by atoms with Crippen molar-refractivity contribution in [1.29, 1.82) is 0 Å². The minimum atomic E-state index is -4.84. The van der Waals surface area contributed by atoms with Crippen LogP contribution >= 0.6 is 0 Å². The van der Waals surface area contributed by atoms with Crippen molar-refractivity contribution in [2.75, 3.05) is 0 Å². The monoisotopic (exact) mass is 521 g/mol. The molecular formula is C27H24F5NO4. The fourth-order valence-electron chi connectivity index (χ4n) is 3.62. The highest BCUT2D eigenvalue weighted by molar-refractivity contribution is 6.05. The molecule has 37 heavy (non-hydrogen) atoms. The Bertz CT molecular complexity index is 1360.